The predicted molar refractivity (Wildman–Crippen MR) is 85.6 cm³/mol. The van der Waals surface area contributed by atoms with Crippen molar-refractivity contribution in [2.75, 3.05) is 11.9 Å². The summed E-state index contributed by atoms with van der Waals surface area (Å²) in [4.78, 5) is 7.99. The number of anilines is 1. The van der Waals surface area contributed by atoms with Crippen LogP contribution in [0.1, 0.15) is 12.5 Å². The molecule has 0 saturated heterocycles. The summed E-state index contributed by atoms with van der Waals surface area (Å²) in [6.45, 7) is 1.57. The minimum Gasteiger partial charge on any atom is -0.492 e. The second-order valence-electron chi connectivity index (χ2n) is 4.74. The Morgan fingerprint density at radius 3 is 2.78 bits per heavy atom. The lowest BCUT2D eigenvalue weighted by atomic mass is 10.2. The number of aliphatic hydroxyl groups excluding tert-OH is 1. The van der Waals surface area contributed by atoms with Gasteiger partial charge in [-0.05, 0) is 13.0 Å². The monoisotopic (exact) mass is 358 g/mol. The third kappa shape index (κ3) is 4.40. The molecule has 0 bridgehead atoms. The number of aromatic nitrogens is 2. The number of halogens is 2. The van der Waals surface area contributed by atoms with Crippen molar-refractivity contribution in [3.05, 3.63) is 35.4 Å². The van der Waals surface area contributed by atoms with E-state index in [0.29, 0.717) is 0 Å². The van der Waals surface area contributed by atoms with Crippen LogP contribution >= 0.6 is 24.4 Å². The van der Waals surface area contributed by atoms with E-state index in [0.717, 1.165) is 17.8 Å². The van der Waals surface area contributed by atoms with Crippen LogP contribution in [0.15, 0.2) is 28.3 Å². The smallest absolute Gasteiger partial charge is 0.235 e. The lowest BCUT2D eigenvalue weighted by Crippen LogP contribution is -2.20. The van der Waals surface area contributed by atoms with Gasteiger partial charge >= 0.3 is 0 Å². The Kier molecular flexibility index (Phi) is 5.91. The van der Waals surface area contributed by atoms with Gasteiger partial charge in [0.15, 0.2) is 22.6 Å². The maximum absolute atomic E-state index is 13.6. The van der Waals surface area contributed by atoms with Gasteiger partial charge in [-0.15, -0.1) is 0 Å². The van der Waals surface area contributed by atoms with Gasteiger partial charge in [0.05, 0.1) is 6.61 Å². The highest BCUT2D eigenvalue weighted by atomic mass is 32.2. The number of benzene rings is 1. The fraction of sp³-hybridized carbons (Fsp3) is 0.286. The van der Waals surface area contributed by atoms with E-state index in [2.05, 4.69) is 15.3 Å². The first-order valence-corrected chi connectivity index (χ1v) is 8.02. The summed E-state index contributed by atoms with van der Waals surface area (Å²) < 4.78 is 26.8. The summed E-state index contributed by atoms with van der Waals surface area (Å²) in [6, 6.07) is 3.59. The van der Waals surface area contributed by atoms with Gasteiger partial charge in [-0.3, -0.25) is 0 Å². The van der Waals surface area contributed by atoms with Crippen molar-refractivity contribution >= 4 is 30.2 Å². The van der Waals surface area contributed by atoms with Crippen LogP contribution in [0, 0.1) is 11.6 Å². The quantitative estimate of drug-likeness (QED) is 0.544. The van der Waals surface area contributed by atoms with Gasteiger partial charge < -0.3 is 15.5 Å². The van der Waals surface area contributed by atoms with Crippen molar-refractivity contribution in [1.29, 1.82) is 0 Å². The number of aliphatic hydroxyl groups is 1. The number of hydrogen-bond donors (Lipinski definition) is 3. The number of nitrogens with one attached hydrogen (secondary N) is 1. The first-order valence-electron chi connectivity index (χ1n) is 6.63. The SMILES string of the molecule is C[C@H](CO)Nc1nc(SCc2cccc(F)c2F)nc(O)c1[S]. The van der Waals surface area contributed by atoms with Gasteiger partial charge in [-0.2, -0.15) is 4.98 Å². The molecular weight excluding hydrogens is 344 g/mol. The van der Waals surface area contributed by atoms with Crippen molar-refractivity contribution in [2.45, 2.75) is 28.8 Å². The molecular formula is C14H14F2N3O2S2. The van der Waals surface area contributed by atoms with Gasteiger partial charge in [-0.25, -0.2) is 13.8 Å². The molecule has 1 aromatic carbocycles. The molecule has 123 valence electrons. The highest BCUT2D eigenvalue weighted by Crippen LogP contribution is 2.31. The number of nitrogens with zero attached hydrogens (tertiary/aromatic N) is 2. The molecule has 0 saturated carbocycles. The molecule has 0 aliphatic heterocycles. The summed E-state index contributed by atoms with van der Waals surface area (Å²) in [5.41, 5.74) is 0.166. The maximum atomic E-state index is 13.6. The summed E-state index contributed by atoms with van der Waals surface area (Å²) in [7, 11) is 0. The Hall–Kier alpha value is -1.71. The van der Waals surface area contributed by atoms with Crippen molar-refractivity contribution in [3.8, 4) is 5.88 Å². The first kappa shape index (κ1) is 17.6. The molecule has 0 aliphatic rings. The minimum atomic E-state index is -0.924. The van der Waals surface area contributed by atoms with Crippen LogP contribution in [0.25, 0.3) is 0 Å². The predicted octanol–water partition coefficient (Wildman–Crippen LogP) is 3.10. The van der Waals surface area contributed by atoms with E-state index >= 15 is 0 Å². The van der Waals surface area contributed by atoms with Crippen LogP contribution in [-0.4, -0.2) is 32.8 Å². The van der Waals surface area contributed by atoms with Crippen LogP contribution in [0.3, 0.4) is 0 Å². The molecule has 0 amide bonds. The number of thioether (sulfide) groups is 1. The van der Waals surface area contributed by atoms with E-state index in [9.17, 15) is 13.9 Å². The normalized spacial score (nSPS) is 12.2. The molecule has 23 heavy (non-hydrogen) atoms. The summed E-state index contributed by atoms with van der Waals surface area (Å²) in [6.07, 6.45) is 0. The van der Waals surface area contributed by atoms with Gasteiger partial charge in [0.1, 0.15) is 4.90 Å². The number of hydrogen-bond acceptors (Lipinski definition) is 6. The zero-order valence-electron chi connectivity index (χ0n) is 12.1. The minimum absolute atomic E-state index is 0.0339. The average Bonchev–Trinajstić information content (AvgIpc) is 2.53. The molecule has 1 heterocycles. The fourth-order valence-electron chi connectivity index (χ4n) is 1.66. The second-order valence-corrected chi connectivity index (χ2v) is 6.09. The topological polar surface area (TPSA) is 78.3 Å². The zero-order valence-corrected chi connectivity index (χ0v) is 13.7. The van der Waals surface area contributed by atoms with Gasteiger partial charge in [0.25, 0.3) is 0 Å². The summed E-state index contributed by atoms with van der Waals surface area (Å²) in [5, 5.41) is 21.8. The molecule has 0 unspecified atom stereocenters. The Balaban J connectivity index is 2.18. The molecule has 1 atom stereocenters. The van der Waals surface area contributed by atoms with Crippen LogP contribution < -0.4 is 5.32 Å². The van der Waals surface area contributed by atoms with E-state index in [1.54, 1.807) is 6.92 Å². The Labute approximate surface area is 141 Å². The number of rotatable bonds is 6. The fourth-order valence-corrected chi connectivity index (χ4v) is 2.63. The number of aromatic hydroxyl groups is 1. The Bertz CT molecular complexity index is 704. The molecule has 1 aromatic heterocycles. The highest BCUT2D eigenvalue weighted by molar-refractivity contribution is 7.98. The van der Waals surface area contributed by atoms with Crippen molar-refractivity contribution in [1.82, 2.24) is 9.97 Å². The standard InChI is InChI=1S/C14H14F2N3O2S2/c1-7(5-20)17-12-11(22)13(21)19-14(18-12)23-6-8-3-2-4-9(15)10(8)16/h2-4,7,20H,5-6H2,1H3,(H2,17,18,19,21)/t7-/m1/s1. The zero-order chi connectivity index (χ0) is 17.0. The van der Waals surface area contributed by atoms with E-state index in [4.69, 9.17) is 17.7 Å². The van der Waals surface area contributed by atoms with Crippen LogP contribution in [0.5, 0.6) is 5.88 Å². The van der Waals surface area contributed by atoms with Crippen LogP contribution in [0.4, 0.5) is 14.6 Å². The molecule has 0 spiro atoms. The third-order valence-electron chi connectivity index (χ3n) is 2.87. The van der Waals surface area contributed by atoms with Crippen molar-refractivity contribution in [3.63, 3.8) is 0 Å². The van der Waals surface area contributed by atoms with E-state index < -0.39 is 11.6 Å². The van der Waals surface area contributed by atoms with Gasteiger partial charge in [-0.1, -0.05) is 36.5 Å². The molecule has 9 heteroatoms. The van der Waals surface area contributed by atoms with E-state index in [1.165, 1.54) is 12.1 Å². The van der Waals surface area contributed by atoms with Crippen LogP contribution in [-0.2, 0) is 5.75 Å². The first-order chi connectivity index (χ1) is 10.9. The molecule has 5 nitrogen and oxygen atoms in total. The lowest BCUT2D eigenvalue weighted by molar-refractivity contribution is 0.281. The summed E-state index contributed by atoms with van der Waals surface area (Å²) in [5.74, 6) is -1.93. The lowest BCUT2D eigenvalue weighted by Gasteiger charge is -2.14. The molecule has 3 N–H and O–H groups in total. The van der Waals surface area contributed by atoms with E-state index in [1.807, 2.05) is 0 Å². The Morgan fingerprint density at radius 2 is 2.09 bits per heavy atom. The van der Waals surface area contributed by atoms with Crippen molar-refractivity contribution < 1.29 is 19.0 Å². The van der Waals surface area contributed by atoms with Crippen LogP contribution in [0.2, 0.25) is 0 Å². The summed E-state index contributed by atoms with van der Waals surface area (Å²) >= 11 is 6.03. The molecule has 0 aliphatic carbocycles. The molecule has 0 fully saturated rings. The molecule has 2 rings (SSSR count). The highest BCUT2D eigenvalue weighted by Gasteiger charge is 2.15. The average molecular weight is 358 g/mol. The van der Waals surface area contributed by atoms with E-state index in [-0.39, 0.29) is 45.7 Å². The second kappa shape index (κ2) is 7.71. The van der Waals surface area contributed by atoms with Gasteiger partial charge in [0.2, 0.25) is 5.88 Å². The maximum Gasteiger partial charge on any atom is 0.235 e. The Morgan fingerprint density at radius 1 is 1.35 bits per heavy atom. The molecule has 2 aromatic rings. The van der Waals surface area contributed by atoms with Crippen molar-refractivity contribution in [2.24, 2.45) is 0 Å². The third-order valence-corrected chi connectivity index (χ3v) is 4.14. The molecule has 1 radical (unpaired) electrons. The largest absolute Gasteiger partial charge is 0.492 e. The van der Waals surface area contributed by atoms with Gasteiger partial charge in [0, 0.05) is 17.4 Å².